The first kappa shape index (κ1) is 54.0. The molecule has 5 rings (SSSR count). The van der Waals surface area contributed by atoms with Gasteiger partial charge in [0.1, 0.15) is 0 Å². The summed E-state index contributed by atoms with van der Waals surface area (Å²) in [5.74, 6) is 4.07. The molecule has 0 nitrogen and oxygen atoms in total. The summed E-state index contributed by atoms with van der Waals surface area (Å²) in [4.78, 5) is 0. The maximum atomic E-state index is 2.44. The third kappa shape index (κ3) is 15.4. The number of benzene rings is 3. The van der Waals surface area contributed by atoms with Crippen molar-refractivity contribution in [2.75, 3.05) is 0 Å². The lowest BCUT2D eigenvalue weighted by Gasteiger charge is -2.41. The summed E-state index contributed by atoms with van der Waals surface area (Å²) >= 11 is 0. The lowest BCUT2D eigenvalue weighted by Crippen LogP contribution is -2.35. The topological polar surface area (TPSA) is 0 Å². The van der Waals surface area contributed by atoms with Crippen molar-refractivity contribution >= 4 is 0 Å². The van der Waals surface area contributed by atoms with E-state index in [4.69, 9.17) is 0 Å². The average Bonchev–Trinajstić information content (AvgIpc) is 3.14. The summed E-state index contributed by atoms with van der Waals surface area (Å²) in [6.07, 6.45) is 14.6. The van der Waals surface area contributed by atoms with Crippen molar-refractivity contribution in [1.29, 1.82) is 0 Å². The summed E-state index contributed by atoms with van der Waals surface area (Å²) in [6.45, 7) is 51.5. The van der Waals surface area contributed by atoms with E-state index < -0.39 is 0 Å². The molecule has 0 spiro atoms. The smallest absolute Gasteiger partial charge is 0.00258 e. The standard InChI is InChI=1S/C21H40.C21H28.C20H34/c2*1-20(2,3)18-11-7-16(8-12-18)15-17-9-13-19(14-10-17)21(4,5)6;1-17(2,3)19(7,8)15-11-13-16(14-12-15)20(9,10)18(4,5)6/h16-19H,7-15H2,1-6H3;7-14H,15H2,1-6H3;11-14H,1-10H3. The van der Waals surface area contributed by atoms with E-state index in [1.54, 1.807) is 6.42 Å². The van der Waals surface area contributed by atoms with Crippen molar-refractivity contribution in [3.05, 3.63) is 106 Å². The molecule has 0 amide bonds. The van der Waals surface area contributed by atoms with Crippen LogP contribution in [0.1, 0.15) is 243 Å². The van der Waals surface area contributed by atoms with Crippen LogP contribution < -0.4 is 0 Å². The van der Waals surface area contributed by atoms with E-state index in [0.29, 0.717) is 10.8 Å². The van der Waals surface area contributed by atoms with Gasteiger partial charge in [-0.1, -0.05) is 251 Å². The van der Waals surface area contributed by atoms with Gasteiger partial charge >= 0.3 is 0 Å². The fourth-order valence-corrected chi connectivity index (χ4v) is 9.65. The van der Waals surface area contributed by atoms with Crippen LogP contribution in [0.25, 0.3) is 0 Å². The Morgan fingerprint density at radius 1 is 0.323 bits per heavy atom. The van der Waals surface area contributed by atoms with E-state index in [2.05, 4.69) is 225 Å². The minimum Gasteiger partial charge on any atom is -0.0599 e. The molecule has 0 unspecified atom stereocenters. The second-order valence-electron chi connectivity index (χ2n) is 27.8. The van der Waals surface area contributed by atoms with Crippen LogP contribution in [0.4, 0.5) is 0 Å². The van der Waals surface area contributed by atoms with Crippen LogP contribution >= 0.6 is 0 Å². The Balaban J connectivity index is 0.000000248. The van der Waals surface area contributed by atoms with Crippen LogP contribution in [0.5, 0.6) is 0 Å². The van der Waals surface area contributed by atoms with Gasteiger partial charge in [0.15, 0.2) is 0 Å². The summed E-state index contributed by atoms with van der Waals surface area (Å²) in [5.41, 5.74) is 10.8. The van der Waals surface area contributed by atoms with Crippen LogP contribution in [0.3, 0.4) is 0 Å². The van der Waals surface area contributed by atoms with Gasteiger partial charge in [-0.15, -0.1) is 0 Å². The fraction of sp³-hybridized carbons (Fsp3) is 0.710. The lowest BCUT2D eigenvalue weighted by molar-refractivity contribution is 0.111. The van der Waals surface area contributed by atoms with Crippen molar-refractivity contribution in [1.82, 2.24) is 0 Å². The zero-order valence-electron chi connectivity index (χ0n) is 45.3. The van der Waals surface area contributed by atoms with Crippen LogP contribution in [-0.2, 0) is 28.1 Å². The largest absolute Gasteiger partial charge is 0.0599 e. The Kier molecular flexibility index (Phi) is 17.8. The number of hydrogen-bond acceptors (Lipinski definition) is 0. The molecular formula is C62H102. The first-order valence-electron chi connectivity index (χ1n) is 25.3. The molecule has 3 aromatic rings. The maximum Gasteiger partial charge on any atom is -0.00258 e. The molecule has 0 bridgehead atoms. The van der Waals surface area contributed by atoms with E-state index in [9.17, 15) is 0 Å². The van der Waals surface area contributed by atoms with E-state index in [-0.39, 0.29) is 32.5 Å². The average molecular weight is 847 g/mol. The highest BCUT2D eigenvalue weighted by Gasteiger charge is 2.37. The Bertz CT molecular complexity index is 1600. The van der Waals surface area contributed by atoms with Crippen molar-refractivity contribution in [3.63, 3.8) is 0 Å². The molecule has 0 heteroatoms. The van der Waals surface area contributed by atoms with Gasteiger partial charge < -0.3 is 0 Å². The normalized spacial score (nSPS) is 21.0. The third-order valence-electron chi connectivity index (χ3n) is 16.9. The van der Waals surface area contributed by atoms with E-state index in [1.165, 1.54) is 84.7 Å². The predicted octanol–water partition coefficient (Wildman–Crippen LogP) is 19.3. The van der Waals surface area contributed by atoms with Crippen LogP contribution in [0, 0.1) is 45.3 Å². The molecule has 350 valence electrons. The SMILES string of the molecule is CC(C)(C)C(C)(C)c1ccc(C(C)(C)C(C)(C)C)cc1.CC(C)(C)C1CCC(CC2CCC(C(C)(C)C)CC2)CC1.CC(C)(C)c1ccc(Cc2ccc(C(C)(C)C)cc2)cc1. The lowest BCUT2D eigenvalue weighted by atomic mass is 9.63. The molecule has 0 saturated heterocycles. The molecule has 2 aliphatic rings. The first-order valence-corrected chi connectivity index (χ1v) is 25.3. The summed E-state index contributed by atoms with van der Waals surface area (Å²) in [7, 11) is 0. The van der Waals surface area contributed by atoms with Gasteiger partial charge in [0.2, 0.25) is 0 Å². The van der Waals surface area contributed by atoms with Gasteiger partial charge in [-0.2, -0.15) is 0 Å². The highest BCUT2D eigenvalue weighted by molar-refractivity contribution is 5.35. The molecule has 2 aliphatic carbocycles. The molecule has 62 heavy (non-hydrogen) atoms. The third-order valence-corrected chi connectivity index (χ3v) is 16.9. The van der Waals surface area contributed by atoms with Crippen LogP contribution in [-0.4, -0.2) is 0 Å². The van der Waals surface area contributed by atoms with Crippen LogP contribution in [0.15, 0.2) is 72.8 Å². The van der Waals surface area contributed by atoms with Gasteiger partial charge in [-0.25, -0.2) is 0 Å². The molecule has 2 saturated carbocycles. The van der Waals surface area contributed by atoms with Gasteiger partial charge in [0.25, 0.3) is 0 Å². The van der Waals surface area contributed by atoms with Crippen molar-refractivity contribution < 1.29 is 0 Å². The summed E-state index contributed by atoms with van der Waals surface area (Å²) in [6, 6.07) is 27.4. The monoisotopic (exact) mass is 847 g/mol. The van der Waals surface area contributed by atoms with Gasteiger partial charge in [0.05, 0.1) is 0 Å². The Morgan fingerprint density at radius 3 is 0.774 bits per heavy atom. The minimum atomic E-state index is 0.178. The molecule has 0 aliphatic heterocycles. The second-order valence-corrected chi connectivity index (χ2v) is 27.8. The quantitative estimate of drug-likeness (QED) is 0.232. The summed E-state index contributed by atoms with van der Waals surface area (Å²) < 4.78 is 0. The van der Waals surface area contributed by atoms with E-state index in [0.717, 1.165) is 30.1 Å². The fourth-order valence-electron chi connectivity index (χ4n) is 9.65. The highest BCUT2D eigenvalue weighted by atomic mass is 14.4. The Hall–Kier alpha value is -2.34. The van der Waals surface area contributed by atoms with Gasteiger partial charge in [-0.3, -0.25) is 0 Å². The maximum absolute atomic E-state index is 2.44. The molecule has 0 heterocycles. The van der Waals surface area contributed by atoms with Gasteiger partial charge in [-0.05, 0) is 139 Å². The first-order chi connectivity index (χ1) is 28.0. The molecular weight excluding hydrogens is 745 g/mol. The zero-order valence-corrected chi connectivity index (χ0v) is 45.3. The zero-order chi connectivity index (χ0) is 47.3. The molecule has 0 aromatic heterocycles. The van der Waals surface area contributed by atoms with Crippen LogP contribution in [0.2, 0.25) is 0 Å². The Morgan fingerprint density at radius 2 is 0.565 bits per heavy atom. The van der Waals surface area contributed by atoms with E-state index in [1.807, 2.05) is 0 Å². The molecule has 0 radical (unpaired) electrons. The van der Waals surface area contributed by atoms with Crippen molar-refractivity contribution in [2.45, 2.75) is 238 Å². The molecule has 0 N–H and O–H groups in total. The predicted molar refractivity (Wildman–Crippen MR) is 279 cm³/mol. The van der Waals surface area contributed by atoms with Crippen molar-refractivity contribution in [2.24, 2.45) is 45.3 Å². The van der Waals surface area contributed by atoms with Crippen molar-refractivity contribution in [3.8, 4) is 0 Å². The summed E-state index contributed by atoms with van der Waals surface area (Å²) in [5, 5.41) is 0. The van der Waals surface area contributed by atoms with E-state index >= 15 is 0 Å². The van der Waals surface area contributed by atoms with Gasteiger partial charge in [0, 0.05) is 0 Å². The Labute approximate surface area is 388 Å². The number of hydrogen-bond donors (Lipinski definition) is 0. The second kappa shape index (κ2) is 20.4. The molecule has 0 atom stereocenters. The molecule has 2 fully saturated rings. The minimum absolute atomic E-state index is 0.178. The number of rotatable bonds is 6. The molecule has 3 aromatic carbocycles. The highest BCUT2D eigenvalue weighted by Crippen LogP contribution is 2.46.